The second-order valence-corrected chi connectivity index (χ2v) is 5.91. The summed E-state index contributed by atoms with van der Waals surface area (Å²) in [5.41, 5.74) is 1.46. The SMILES string of the molecule is COC(=O)Cc1ccc(C(=O)c2cc(Cl)ccc2C)s1. The minimum atomic E-state index is -0.315. The van der Waals surface area contributed by atoms with E-state index < -0.39 is 0 Å². The highest BCUT2D eigenvalue weighted by Gasteiger charge is 2.15. The highest BCUT2D eigenvalue weighted by atomic mass is 35.5. The van der Waals surface area contributed by atoms with Crippen LogP contribution in [0.1, 0.15) is 25.7 Å². The molecule has 0 saturated carbocycles. The lowest BCUT2D eigenvalue weighted by atomic mass is 10.0. The first-order chi connectivity index (χ1) is 9.51. The van der Waals surface area contributed by atoms with Crippen molar-refractivity contribution < 1.29 is 14.3 Å². The van der Waals surface area contributed by atoms with E-state index in [1.807, 2.05) is 13.0 Å². The van der Waals surface area contributed by atoms with Crippen molar-refractivity contribution in [1.82, 2.24) is 0 Å². The minimum Gasteiger partial charge on any atom is -0.469 e. The lowest BCUT2D eigenvalue weighted by molar-refractivity contribution is -0.139. The number of halogens is 1. The van der Waals surface area contributed by atoms with Crippen LogP contribution in [0.25, 0.3) is 0 Å². The second-order valence-electron chi connectivity index (χ2n) is 4.31. The van der Waals surface area contributed by atoms with E-state index in [0.29, 0.717) is 15.5 Å². The fraction of sp³-hybridized carbons (Fsp3) is 0.200. The van der Waals surface area contributed by atoms with E-state index in [2.05, 4.69) is 4.74 Å². The van der Waals surface area contributed by atoms with Gasteiger partial charge in [-0.3, -0.25) is 9.59 Å². The molecule has 0 bridgehead atoms. The first kappa shape index (κ1) is 14.8. The van der Waals surface area contributed by atoms with Crippen molar-refractivity contribution in [2.75, 3.05) is 7.11 Å². The van der Waals surface area contributed by atoms with Gasteiger partial charge >= 0.3 is 5.97 Å². The molecule has 0 aliphatic carbocycles. The number of carbonyl (C=O) groups excluding carboxylic acids is 2. The molecule has 0 spiro atoms. The van der Waals surface area contributed by atoms with Crippen LogP contribution in [0.4, 0.5) is 0 Å². The lowest BCUT2D eigenvalue weighted by Gasteiger charge is -2.03. The summed E-state index contributed by atoms with van der Waals surface area (Å²) in [5.74, 6) is -0.393. The van der Waals surface area contributed by atoms with Gasteiger partial charge in [0.05, 0.1) is 18.4 Å². The standard InChI is InChI=1S/C15H13ClO3S/c1-9-3-4-10(16)7-12(9)15(18)13-6-5-11(20-13)8-14(17)19-2/h3-7H,8H2,1-2H3. The summed E-state index contributed by atoms with van der Waals surface area (Å²) in [6, 6.07) is 8.74. The molecule has 3 nitrogen and oxygen atoms in total. The lowest BCUT2D eigenvalue weighted by Crippen LogP contribution is -2.03. The summed E-state index contributed by atoms with van der Waals surface area (Å²) in [4.78, 5) is 25.0. The van der Waals surface area contributed by atoms with E-state index >= 15 is 0 Å². The normalized spacial score (nSPS) is 10.3. The van der Waals surface area contributed by atoms with Crippen LogP contribution in [0.2, 0.25) is 5.02 Å². The minimum absolute atomic E-state index is 0.0777. The van der Waals surface area contributed by atoms with E-state index in [1.54, 1.807) is 24.3 Å². The Morgan fingerprint density at radius 2 is 2.00 bits per heavy atom. The number of ether oxygens (including phenoxy) is 1. The average Bonchev–Trinajstić information content (AvgIpc) is 2.89. The topological polar surface area (TPSA) is 43.4 Å². The number of esters is 1. The predicted octanol–water partition coefficient (Wildman–Crippen LogP) is 3.66. The van der Waals surface area contributed by atoms with Crippen LogP contribution in [0, 0.1) is 6.92 Å². The van der Waals surface area contributed by atoms with E-state index in [1.165, 1.54) is 18.4 Å². The van der Waals surface area contributed by atoms with Gasteiger partial charge in [0.15, 0.2) is 0 Å². The monoisotopic (exact) mass is 308 g/mol. The third kappa shape index (κ3) is 3.26. The van der Waals surface area contributed by atoms with Gasteiger partial charge in [-0.1, -0.05) is 17.7 Å². The molecule has 0 radical (unpaired) electrons. The van der Waals surface area contributed by atoms with Gasteiger partial charge in [0.1, 0.15) is 0 Å². The number of ketones is 1. The van der Waals surface area contributed by atoms with Crippen molar-refractivity contribution in [3.05, 3.63) is 56.2 Å². The van der Waals surface area contributed by atoms with Crippen LogP contribution in [0.3, 0.4) is 0 Å². The van der Waals surface area contributed by atoms with Crippen molar-refractivity contribution >= 4 is 34.7 Å². The summed E-state index contributed by atoms with van der Waals surface area (Å²) in [6.07, 6.45) is 0.184. The molecule has 0 saturated heterocycles. The number of benzene rings is 1. The van der Waals surface area contributed by atoms with Gasteiger partial charge in [0.25, 0.3) is 0 Å². The molecule has 0 aliphatic rings. The summed E-state index contributed by atoms with van der Waals surface area (Å²) >= 11 is 7.23. The molecule has 5 heteroatoms. The molecule has 0 amide bonds. The van der Waals surface area contributed by atoms with Crippen LogP contribution in [0.5, 0.6) is 0 Å². The van der Waals surface area contributed by atoms with E-state index in [-0.39, 0.29) is 18.2 Å². The highest BCUT2D eigenvalue weighted by molar-refractivity contribution is 7.14. The number of methoxy groups -OCH3 is 1. The molecule has 1 aromatic heterocycles. The highest BCUT2D eigenvalue weighted by Crippen LogP contribution is 2.24. The first-order valence-corrected chi connectivity index (χ1v) is 7.17. The fourth-order valence-electron chi connectivity index (χ4n) is 1.78. The molecule has 0 N–H and O–H groups in total. The zero-order chi connectivity index (χ0) is 14.7. The van der Waals surface area contributed by atoms with Gasteiger partial charge in [-0.2, -0.15) is 0 Å². The molecular formula is C15H13ClO3S. The van der Waals surface area contributed by atoms with Crippen molar-refractivity contribution in [3.8, 4) is 0 Å². The van der Waals surface area contributed by atoms with E-state index in [0.717, 1.165) is 10.4 Å². The molecule has 1 aromatic carbocycles. The molecular weight excluding hydrogens is 296 g/mol. The van der Waals surface area contributed by atoms with Gasteiger partial charge in [-0.05, 0) is 36.8 Å². The van der Waals surface area contributed by atoms with E-state index in [9.17, 15) is 9.59 Å². The Hall–Kier alpha value is -1.65. The van der Waals surface area contributed by atoms with Crippen molar-refractivity contribution in [2.24, 2.45) is 0 Å². The van der Waals surface area contributed by atoms with Crippen LogP contribution < -0.4 is 0 Å². The predicted molar refractivity (Wildman–Crippen MR) is 79.7 cm³/mol. The molecule has 2 rings (SSSR count). The zero-order valence-electron chi connectivity index (χ0n) is 11.1. The molecule has 104 valence electrons. The molecule has 20 heavy (non-hydrogen) atoms. The molecule has 0 atom stereocenters. The van der Waals surface area contributed by atoms with Crippen LogP contribution in [0.15, 0.2) is 30.3 Å². The molecule has 0 fully saturated rings. The summed E-state index contributed by atoms with van der Waals surface area (Å²) in [5, 5.41) is 0.533. The van der Waals surface area contributed by atoms with Gasteiger partial charge < -0.3 is 4.74 Å². The summed E-state index contributed by atoms with van der Waals surface area (Å²) < 4.78 is 4.61. The number of thiophene rings is 1. The van der Waals surface area contributed by atoms with Crippen molar-refractivity contribution in [1.29, 1.82) is 0 Å². The zero-order valence-corrected chi connectivity index (χ0v) is 12.7. The quantitative estimate of drug-likeness (QED) is 0.639. The van der Waals surface area contributed by atoms with Gasteiger partial charge in [0.2, 0.25) is 5.78 Å². The Kier molecular flexibility index (Phi) is 4.57. The maximum atomic E-state index is 12.4. The van der Waals surface area contributed by atoms with Crippen molar-refractivity contribution in [3.63, 3.8) is 0 Å². The number of aryl methyl sites for hydroxylation is 1. The fourth-order valence-corrected chi connectivity index (χ4v) is 2.90. The Labute approximate surface area is 126 Å². The summed E-state index contributed by atoms with van der Waals surface area (Å²) in [6.45, 7) is 1.87. The van der Waals surface area contributed by atoms with Crippen LogP contribution in [-0.4, -0.2) is 18.9 Å². The number of rotatable bonds is 4. The largest absolute Gasteiger partial charge is 0.469 e. The molecule has 0 aliphatic heterocycles. The first-order valence-electron chi connectivity index (χ1n) is 5.97. The van der Waals surface area contributed by atoms with Gasteiger partial charge in [0, 0.05) is 15.5 Å². The van der Waals surface area contributed by atoms with Crippen LogP contribution in [-0.2, 0) is 16.0 Å². The van der Waals surface area contributed by atoms with Gasteiger partial charge in [-0.25, -0.2) is 0 Å². The molecule has 1 heterocycles. The third-order valence-corrected chi connectivity index (χ3v) is 4.20. The number of hydrogen-bond acceptors (Lipinski definition) is 4. The third-order valence-electron chi connectivity index (χ3n) is 2.88. The second kappa shape index (κ2) is 6.20. The smallest absolute Gasteiger partial charge is 0.310 e. The maximum absolute atomic E-state index is 12.4. The Morgan fingerprint density at radius 1 is 1.25 bits per heavy atom. The number of carbonyl (C=O) groups is 2. The maximum Gasteiger partial charge on any atom is 0.310 e. The Balaban J connectivity index is 2.25. The molecule has 2 aromatic rings. The van der Waals surface area contributed by atoms with Crippen LogP contribution >= 0.6 is 22.9 Å². The number of hydrogen-bond donors (Lipinski definition) is 0. The van der Waals surface area contributed by atoms with Gasteiger partial charge in [-0.15, -0.1) is 11.3 Å². The summed E-state index contributed by atoms with van der Waals surface area (Å²) in [7, 11) is 1.34. The molecule has 0 unspecified atom stereocenters. The average molecular weight is 309 g/mol. The van der Waals surface area contributed by atoms with E-state index in [4.69, 9.17) is 11.6 Å². The van der Waals surface area contributed by atoms with Crippen molar-refractivity contribution in [2.45, 2.75) is 13.3 Å². The Morgan fingerprint density at radius 3 is 2.70 bits per heavy atom. The Bertz CT molecular complexity index is 661.